The van der Waals surface area contributed by atoms with E-state index < -0.39 is 18.2 Å². The van der Waals surface area contributed by atoms with Crippen molar-refractivity contribution in [3.63, 3.8) is 0 Å². The molecule has 3 N–H and O–H groups in total. The van der Waals surface area contributed by atoms with Crippen molar-refractivity contribution in [1.82, 2.24) is 5.32 Å². The zero-order valence-electron chi connectivity index (χ0n) is 45.0. The largest absolute Gasteiger partial charge is 0.462 e. The van der Waals surface area contributed by atoms with Crippen LogP contribution in [0.2, 0.25) is 0 Å². The van der Waals surface area contributed by atoms with Gasteiger partial charge in [0.15, 0.2) is 0 Å². The van der Waals surface area contributed by atoms with E-state index in [-0.39, 0.29) is 24.9 Å². The summed E-state index contributed by atoms with van der Waals surface area (Å²) in [5.41, 5.74) is 0. The molecule has 3 atom stereocenters. The van der Waals surface area contributed by atoms with Crippen LogP contribution in [0.5, 0.6) is 0 Å². The standard InChI is InChI=1S/C61H115NO5/c1-4-7-10-13-16-19-22-25-27-29-31-33-36-39-42-45-48-51-54-61(66)67-57(52-49-46-43-40-37-34-24-21-18-15-12-9-6-3)55-60(65)62-58(56-63)59(64)53-50-47-44-41-38-35-32-30-28-26-23-20-17-14-11-8-5-2/h9,12,15,18,21,24,57-59,63-64H,4-8,10-11,13-14,16-17,19-20,22-23,25-56H2,1-3H3,(H,62,65)/b12-9+,18-15+,24-21+. The van der Waals surface area contributed by atoms with E-state index in [1.807, 2.05) is 0 Å². The number of unbranched alkanes of at least 4 members (excludes halogenated alkanes) is 38. The van der Waals surface area contributed by atoms with Crippen molar-refractivity contribution in [1.29, 1.82) is 0 Å². The van der Waals surface area contributed by atoms with Crippen LogP contribution in [-0.2, 0) is 14.3 Å². The lowest BCUT2D eigenvalue weighted by Gasteiger charge is -2.24. The summed E-state index contributed by atoms with van der Waals surface area (Å²) in [4.78, 5) is 26.3. The molecular weight excluding hydrogens is 827 g/mol. The molecule has 0 spiro atoms. The van der Waals surface area contributed by atoms with Crippen LogP contribution >= 0.6 is 0 Å². The van der Waals surface area contributed by atoms with Crippen LogP contribution in [0.3, 0.4) is 0 Å². The Hall–Kier alpha value is -1.92. The van der Waals surface area contributed by atoms with Crippen LogP contribution in [0.4, 0.5) is 0 Å². The average molecular weight is 943 g/mol. The lowest BCUT2D eigenvalue weighted by molar-refractivity contribution is -0.151. The summed E-state index contributed by atoms with van der Waals surface area (Å²) in [7, 11) is 0. The number of amides is 1. The summed E-state index contributed by atoms with van der Waals surface area (Å²) in [6.45, 7) is 6.39. The molecule has 0 heterocycles. The van der Waals surface area contributed by atoms with Gasteiger partial charge in [-0.15, -0.1) is 0 Å². The van der Waals surface area contributed by atoms with Crippen LogP contribution in [-0.4, -0.2) is 46.9 Å². The van der Waals surface area contributed by atoms with Crippen molar-refractivity contribution in [3.8, 4) is 0 Å². The molecule has 0 rings (SSSR count). The Kier molecular flexibility index (Phi) is 53.4. The number of allylic oxidation sites excluding steroid dienone is 6. The first kappa shape index (κ1) is 65.1. The molecular formula is C61H115NO5. The second-order valence-corrected chi connectivity index (χ2v) is 20.4. The fourth-order valence-corrected chi connectivity index (χ4v) is 9.32. The van der Waals surface area contributed by atoms with E-state index in [1.54, 1.807) is 0 Å². The summed E-state index contributed by atoms with van der Waals surface area (Å²) < 4.78 is 5.96. The summed E-state index contributed by atoms with van der Waals surface area (Å²) in [6.07, 6.45) is 66.5. The molecule has 67 heavy (non-hydrogen) atoms. The van der Waals surface area contributed by atoms with Gasteiger partial charge in [-0.05, 0) is 44.9 Å². The lowest BCUT2D eigenvalue weighted by atomic mass is 10.0. The monoisotopic (exact) mass is 942 g/mol. The van der Waals surface area contributed by atoms with Crippen LogP contribution in [0.25, 0.3) is 0 Å². The van der Waals surface area contributed by atoms with E-state index in [0.29, 0.717) is 19.3 Å². The number of aliphatic hydroxyl groups is 2. The van der Waals surface area contributed by atoms with Crippen LogP contribution in [0.1, 0.15) is 316 Å². The predicted octanol–water partition coefficient (Wildman–Crippen LogP) is 18.4. The van der Waals surface area contributed by atoms with Gasteiger partial charge in [-0.3, -0.25) is 9.59 Å². The summed E-state index contributed by atoms with van der Waals surface area (Å²) in [6, 6.07) is -0.707. The SMILES string of the molecule is CC/C=C/C=C/C=C/CCCCCCCC(CC(=O)NC(CO)C(O)CCCCCCCCCCCCCCCCCCC)OC(=O)CCCCCCCCCCCCCCCCCCCC. The fourth-order valence-electron chi connectivity index (χ4n) is 9.32. The minimum atomic E-state index is -0.792. The molecule has 0 saturated heterocycles. The summed E-state index contributed by atoms with van der Waals surface area (Å²) in [5, 5.41) is 23.9. The van der Waals surface area contributed by atoms with Crippen molar-refractivity contribution in [3.05, 3.63) is 36.5 Å². The lowest BCUT2D eigenvalue weighted by Crippen LogP contribution is -2.46. The van der Waals surface area contributed by atoms with Crippen molar-refractivity contribution < 1.29 is 24.5 Å². The highest BCUT2D eigenvalue weighted by atomic mass is 16.5. The van der Waals surface area contributed by atoms with Gasteiger partial charge in [0.05, 0.1) is 25.2 Å². The normalized spacial score (nSPS) is 13.3. The number of nitrogens with one attached hydrogen (secondary N) is 1. The van der Waals surface area contributed by atoms with Gasteiger partial charge in [-0.25, -0.2) is 0 Å². The highest BCUT2D eigenvalue weighted by molar-refractivity contribution is 5.77. The molecule has 0 saturated carbocycles. The van der Waals surface area contributed by atoms with Gasteiger partial charge in [-0.1, -0.05) is 295 Å². The van der Waals surface area contributed by atoms with Gasteiger partial charge in [0.1, 0.15) is 6.10 Å². The molecule has 6 nitrogen and oxygen atoms in total. The number of aliphatic hydroxyl groups excluding tert-OH is 2. The van der Waals surface area contributed by atoms with Crippen LogP contribution in [0, 0.1) is 0 Å². The number of hydrogen-bond acceptors (Lipinski definition) is 5. The highest BCUT2D eigenvalue weighted by Crippen LogP contribution is 2.19. The quantitative estimate of drug-likeness (QED) is 0.0321. The number of esters is 1. The van der Waals surface area contributed by atoms with Crippen LogP contribution in [0.15, 0.2) is 36.5 Å². The van der Waals surface area contributed by atoms with Gasteiger partial charge in [0, 0.05) is 6.42 Å². The van der Waals surface area contributed by atoms with E-state index >= 15 is 0 Å². The highest BCUT2D eigenvalue weighted by Gasteiger charge is 2.24. The van der Waals surface area contributed by atoms with E-state index in [1.165, 1.54) is 193 Å². The third-order valence-electron chi connectivity index (χ3n) is 13.8. The predicted molar refractivity (Wildman–Crippen MR) is 292 cm³/mol. The van der Waals surface area contributed by atoms with E-state index in [9.17, 15) is 19.8 Å². The fraction of sp³-hybridized carbons (Fsp3) is 0.869. The number of rotatable bonds is 54. The van der Waals surface area contributed by atoms with Gasteiger partial charge in [0.2, 0.25) is 5.91 Å². The molecule has 6 heteroatoms. The maximum Gasteiger partial charge on any atom is 0.306 e. The van der Waals surface area contributed by atoms with Crippen molar-refractivity contribution >= 4 is 11.9 Å². The van der Waals surface area contributed by atoms with Crippen molar-refractivity contribution in [2.75, 3.05) is 6.61 Å². The third kappa shape index (κ3) is 50.3. The Morgan fingerprint density at radius 1 is 0.448 bits per heavy atom. The summed E-state index contributed by atoms with van der Waals surface area (Å²) >= 11 is 0. The molecule has 0 fully saturated rings. The molecule has 0 aromatic rings. The molecule has 0 aliphatic carbocycles. The molecule has 0 bridgehead atoms. The minimum absolute atomic E-state index is 0.0684. The maximum absolute atomic E-state index is 13.3. The molecule has 0 aliphatic rings. The number of carbonyl (C=O) groups excluding carboxylic acids is 2. The van der Waals surface area contributed by atoms with Gasteiger partial charge in [0.25, 0.3) is 0 Å². The van der Waals surface area contributed by atoms with Crippen LogP contribution < -0.4 is 5.32 Å². The number of hydrogen-bond donors (Lipinski definition) is 3. The molecule has 0 radical (unpaired) electrons. The molecule has 394 valence electrons. The first-order valence-electron chi connectivity index (χ1n) is 29.7. The third-order valence-corrected chi connectivity index (χ3v) is 13.8. The molecule has 1 amide bonds. The van der Waals surface area contributed by atoms with Gasteiger partial charge >= 0.3 is 5.97 Å². The van der Waals surface area contributed by atoms with E-state index in [2.05, 4.69) is 62.5 Å². The topological polar surface area (TPSA) is 95.9 Å². The molecule has 0 aliphatic heterocycles. The Bertz CT molecular complexity index is 1100. The van der Waals surface area contributed by atoms with Gasteiger partial charge in [-0.2, -0.15) is 0 Å². The molecule has 0 aromatic heterocycles. The van der Waals surface area contributed by atoms with Crippen molar-refractivity contribution in [2.24, 2.45) is 0 Å². The first-order chi connectivity index (χ1) is 33.0. The van der Waals surface area contributed by atoms with Gasteiger partial charge < -0.3 is 20.3 Å². The van der Waals surface area contributed by atoms with Crippen molar-refractivity contribution in [2.45, 2.75) is 334 Å². The zero-order valence-corrected chi connectivity index (χ0v) is 45.0. The Morgan fingerprint density at radius 3 is 1.21 bits per heavy atom. The first-order valence-corrected chi connectivity index (χ1v) is 29.7. The zero-order chi connectivity index (χ0) is 48.8. The maximum atomic E-state index is 13.3. The summed E-state index contributed by atoms with van der Waals surface area (Å²) in [5.74, 6) is -0.477. The average Bonchev–Trinajstić information content (AvgIpc) is 3.32. The smallest absolute Gasteiger partial charge is 0.306 e. The van der Waals surface area contributed by atoms with E-state index in [0.717, 1.165) is 77.0 Å². The Balaban J connectivity index is 4.47. The minimum Gasteiger partial charge on any atom is -0.462 e. The second-order valence-electron chi connectivity index (χ2n) is 20.4. The van der Waals surface area contributed by atoms with E-state index in [4.69, 9.17) is 4.74 Å². The Labute approximate surface area is 417 Å². The Morgan fingerprint density at radius 2 is 0.806 bits per heavy atom. The number of ether oxygens (including phenoxy) is 1. The molecule has 3 unspecified atom stereocenters. The molecule has 0 aromatic carbocycles. The second kappa shape index (κ2) is 55.0. The number of carbonyl (C=O) groups is 2.